The van der Waals surface area contributed by atoms with Crippen molar-refractivity contribution in [1.82, 2.24) is 4.57 Å². The van der Waals surface area contributed by atoms with Crippen LogP contribution in [-0.4, -0.2) is 9.67 Å². The third-order valence-electron chi connectivity index (χ3n) is 3.35. The second-order valence-electron chi connectivity index (χ2n) is 4.66. The Balaban J connectivity index is 2.29. The molecule has 3 rings (SSSR count). The van der Waals surface area contributed by atoms with E-state index >= 15 is 0 Å². The SMILES string of the molecule is Cc1cc(C#N)cc2c1ccn2-c1ccc(O)c(F)c1. The van der Waals surface area contributed by atoms with E-state index in [1.165, 1.54) is 12.1 Å². The van der Waals surface area contributed by atoms with Gasteiger partial charge in [0.05, 0.1) is 17.1 Å². The smallest absolute Gasteiger partial charge is 0.166 e. The minimum atomic E-state index is -0.669. The maximum atomic E-state index is 13.5. The lowest BCUT2D eigenvalue weighted by Gasteiger charge is -2.07. The highest BCUT2D eigenvalue weighted by molar-refractivity contribution is 5.86. The van der Waals surface area contributed by atoms with Crippen LogP contribution in [0, 0.1) is 24.1 Å². The zero-order valence-corrected chi connectivity index (χ0v) is 10.8. The van der Waals surface area contributed by atoms with Crippen molar-refractivity contribution in [3.63, 3.8) is 0 Å². The molecule has 0 spiro atoms. The maximum absolute atomic E-state index is 13.5. The van der Waals surface area contributed by atoms with E-state index in [-0.39, 0.29) is 5.75 Å². The van der Waals surface area contributed by atoms with Gasteiger partial charge in [0.15, 0.2) is 11.6 Å². The Morgan fingerprint density at radius 1 is 1.20 bits per heavy atom. The normalized spacial score (nSPS) is 10.7. The van der Waals surface area contributed by atoms with Crippen LogP contribution in [0.4, 0.5) is 4.39 Å². The molecule has 0 saturated carbocycles. The monoisotopic (exact) mass is 266 g/mol. The molecule has 0 saturated heterocycles. The van der Waals surface area contributed by atoms with Crippen LogP contribution in [0.2, 0.25) is 0 Å². The summed E-state index contributed by atoms with van der Waals surface area (Å²) in [6, 6.07) is 11.9. The zero-order chi connectivity index (χ0) is 14.3. The molecule has 1 heterocycles. The van der Waals surface area contributed by atoms with Gasteiger partial charge in [-0.3, -0.25) is 0 Å². The Kier molecular flexibility index (Phi) is 2.69. The molecular weight excluding hydrogens is 255 g/mol. The van der Waals surface area contributed by atoms with E-state index in [1.807, 2.05) is 25.3 Å². The molecule has 0 fully saturated rings. The second-order valence-corrected chi connectivity index (χ2v) is 4.66. The fraction of sp³-hybridized carbons (Fsp3) is 0.0625. The van der Waals surface area contributed by atoms with Gasteiger partial charge >= 0.3 is 0 Å². The van der Waals surface area contributed by atoms with Crippen molar-refractivity contribution in [3.05, 3.63) is 59.5 Å². The topological polar surface area (TPSA) is 49.0 Å². The zero-order valence-electron chi connectivity index (χ0n) is 10.8. The second kappa shape index (κ2) is 4.39. The molecule has 2 aromatic carbocycles. The van der Waals surface area contributed by atoms with Crippen molar-refractivity contribution in [1.29, 1.82) is 5.26 Å². The van der Waals surface area contributed by atoms with E-state index < -0.39 is 5.82 Å². The fourth-order valence-corrected chi connectivity index (χ4v) is 2.36. The highest BCUT2D eigenvalue weighted by Gasteiger charge is 2.09. The molecule has 1 aromatic heterocycles. The molecule has 1 N–H and O–H groups in total. The Labute approximate surface area is 115 Å². The highest BCUT2D eigenvalue weighted by Crippen LogP contribution is 2.26. The molecule has 0 amide bonds. The van der Waals surface area contributed by atoms with Crippen molar-refractivity contribution in [2.45, 2.75) is 6.92 Å². The maximum Gasteiger partial charge on any atom is 0.166 e. The Hall–Kier alpha value is -2.80. The summed E-state index contributed by atoms with van der Waals surface area (Å²) in [5.74, 6) is -1.04. The van der Waals surface area contributed by atoms with E-state index in [4.69, 9.17) is 5.26 Å². The fourth-order valence-electron chi connectivity index (χ4n) is 2.36. The predicted octanol–water partition coefficient (Wildman–Crippen LogP) is 3.66. The van der Waals surface area contributed by atoms with E-state index in [2.05, 4.69) is 6.07 Å². The van der Waals surface area contributed by atoms with Gasteiger partial charge in [-0.25, -0.2) is 4.39 Å². The minimum absolute atomic E-state index is 0.376. The van der Waals surface area contributed by atoms with Gasteiger partial charge in [-0.1, -0.05) is 0 Å². The van der Waals surface area contributed by atoms with Crippen molar-refractivity contribution >= 4 is 10.9 Å². The van der Waals surface area contributed by atoms with Gasteiger partial charge in [-0.2, -0.15) is 5.26 Å². The largest absolute Gasteiger partial charge is 0.505 e. The molecule has 0 bridgehead atoms. The lowest BCUT2D eigenvalue weighted by Crippen LogP contribution is -1.93. The number of hydrogen-bond acceptors (Lipinski definition) is 2. The molecule has 0 atom stereocenters. The lowest BCUT2D eigenvalue weighted by atomic mass is 10.1. The lowest BCUT2D eigenvalue weighted by molar-refractivity contribution is 0.432. The summed E-state index contributed by atoms with van der Waals surface area (Å²) in [4.78, 5) is 0. The number of phenolic OH excluding ortho intramolecular Hbond substituents is 1. The van der Waals surface area contributed by atoms with Crippen LogP contribution >= 0.6 is 0 Å². The van der Waals surface area contributed by atoms with Gasteiger partial charge < -0.3 is 9.67 Å². The van der Waals surface area contributed by atoms with Gasteiger partial charge in [-0.15, -0.1) is 0 Å². The number of aryl methyl sites for hydroxylation is 1. The van der Waals surface area contributed by atoms with Crippen LogP contribution in [-0.2, 0) is 0 Å². The van der Waals surface area contributed by atoms with Gasteiger partial charge in [0.2, 0.25) is 0 Å². The number of benzene rings is 2. The first-order valence-corrected chi connectivity index (χ1v) is 6.11. The summed E-state index contributed by atoms with van der Waals surface area (Å²) in [6.07, 6.45) is 1.82. The number of aromatic hydroxyl groups is 1. The van der Waals surface area contributed by atoms with Crippen LogP contribution in [0.3, 0.4) is 0 Å². The number of rotatable bonds is 1. The van der Waals surface area contributed by atoms with Crippen LogP contribution in [0.1, 0.15) is 11.1 Å². The highest BCUT2D eigenvalue weighted by atomic mass is 19.1. The number of nitriles is 1. The first-order valence-electron chi connectivity index (χ1n) is 6.11. The van der Waals surface area contributed by atoms with Gasteiger partial charge in [0.1, 0.15) is 0 Å². The number of halogens is 1. The Bertz CT molecular complexity index is 859. The summed E-state index contributed by atoms with van der Waals surface area (Å²) in [7, 11) is 0. The molecule has 0 aliphatic heterocycles. The summed E-state index contributed by atoms with van der Waals surface area (Å²) >= 11 is 0. The third-order valence-corrected chi connectivity index (χ3v) is 3.35. The molecule has 20 heavy (non-hydrogen) atoms. The Morgan fingerprint density at radius 2 is 2.00 bits per heavy atom. The average Bonchev–Trinajstić information content (AvgIpc) is 2.86. The number of fused-ring (bicyclic) bond motifs is 1. The molecular formula is C16H11FN2O. The summed E-state index contributed by atoms with van der Waals surface area (Å²) in [5, 5.41) is 19.3. The van der Waals surface area contributed by atoms with E-state index in [0.29, 0.717) is 11.3 Å². The molecule has 0 aliphatic rings. The van der Waals surface area contributed by atoms with E-state index in [9.17, 15) is 9.50 Å². The van der Waals surface area contributed by atoms with Crippen LogP contribution in [0.15, 0.2) is 42.6 Å². The molecule has 98 valence electrons. The molecule has 3 aromatic rings. The van der Waals surface area contributed by atoms with Gasteiger partial charge in [0.25, 0.3) is 0 Å². The molecule has 0 radical (unpaired) electrons. The molecule has 0 aliphatic carbocycles. The standard InChI is InChI=1S/C16H11FN2O/c1-10-6-11(9-18)7-15-13(10)4-5-19(15)12-2-3-16(20)14(17)8-12/h2-8,20H,1H3. The van der Waals surface area contributed by atoms with E-state index in [1.54, 1.807) is 16.7 Å². The summed E-state index contributed by atoms with van der Waals surface area (Å²) in [6.45, 7) is 1.94. The minimum Gasteiger partial charge on any atom is -0.505 e. The summed E-state index contributed by atoms with van der Waals surface area (Å²) in [5.41, 5.74) is 3.00. The number of phenols is 1. The first-order chi connectivity index (χ1) is 9.60. The first kappa shape index (κ1) is 12.2. The molecule has 3 nitrogen and oxygen atoms in total. The number of aromatic nitrogens is 1. The quantitative estimate of drug-likeness (QED) is 0.730. The molecule has 0 unspecified atom stereocenters. The van der Waals surface area contributed by atoms with Crippen molar-refractivity contribution in [2.75, 3.05) is 0 Å². The van der Waals surface area contributed by atoms with Crippen molar-refractivity contribution < 1.29 is 9.50 Å². The van der Waals surface area contributed by atoms with E-state index in [0.717, 1.165) is 16.5 Å². The number of nitrogens with zero attached hydrogens (tertiary/aromatic N) is 2. The third kappa shape index (κ3) is 1.81. The predicted molar refractivity (Wildman–Crippen MR) is 74.3 cm³/mol. The van der Waals surface area contributed by atoms with Crippen LogP contribution in [0.5, 0.6) is 5.75 Å². The Morgan fingerprint density at radius 3 is 2.70 bits per heavy atom. The summed E-state index contributed by atoms with van der Waals surface area (Å²) < 4.78 is 15.3. The van der Waals surface area contributed by atoms with Crippen LogP contribution < -0.4 is 0 Å². The molecule has 4 heteroatoms. The van der Waals surface area contributed by atoms with Gasteiger partial charge in [-0.05, 0) is 42.8 Å². The van der Waals surface area contributed by atoms with Crippen LogP contribution in [0.25, 0.3) is 16.6 Å². The average molecular weight is 266 g/mol. The number of hydrogen-bond donors (Lipinski definition) is 1. The van der Waals surface area contributed by atoms with Gasteiger partial charge in [0, 0.05) is 23.3 Å². The van der Waals surface area contributed by atoms with Crippen molar-refractivity contribution in [2.24, 2.45) is 0 Å². The van der Waals surface area contributed by atoms with Crippen molar-refractivity contribution in [3.8, 4) is 17.5 Å².